The molecule has 0 bridgehead atoms. The highest BCUT2D eigenvalue weighted by molar-refractivity contribution is 5.73. The Morgan fingerprint density at radius 3 is 2.69 bits per heavy atom. The molecule has 0 atom stereocenters. The van der Waals surface area contributed by atoms with Crippen molar-refractivity contribution < 1.29 is 19.0 Å². The van der Waals surface area contributed by atoms with Crippen LogP contribution in [-0.4, -0.2) is 32.9 Å². The fraction of sp³-hybridized carbons (Fsp3) is 0.350. The minimum absolute atomic E-state index is 0.202. The van der Waals surface area contributed by atoms with Crippen molar-refractivity contribution in [1.82, 2.24) is 10.6 Å². The SMILES string of the molecule is COc1ccc(C)cc1CCNC(=O)NCc1ccc2c(c1)OCCO2. The maximum atomic E-state index is 12.0. The molecule has 0 unspecified atom stereocenters. The summed E-state index contributed by atoms with van der Waals surface area (Å²) < 4.78 is 16.4. The van der Waals surface area contributed by atoms with Crippen molar-refractivity contribution in [2.45, 2.75) is 19.9 Å². The molecular weight excluding hydrogens is 332 g/mol. The van der Waals surface area contributed by atoms with Crippen molar-refractivity contribution >= 4 is 6.03 Å². The van der Waals surface area contributed by atoms with E-state index in [4.69, 9.17) is 14.2 Å². The molecular formula is C20H24N2O4. The number of carbonyl (C=O) groups excluding carboxylic acids is 1. The Morgan fingerprint density at radius 2 is 1.88 bits per heavy atom. The second kappa shape index (κ2) is 8.47. The van der Waals surface area contributed by atoms with E-state index in [1.807, 2.05) is 37.3 Å². The van der Waals surface area contributed by atoms with Gasteiger partial charge in [0.1, 0.15) is 19.0 Å². The van der Waals surface area contributed by atoms with E-state index in [1.54, 1.807) is 7.11 Å². The van der Waals surface area contributed by atoms with Gasteiger partial charge in [-0.3, -0.25) is 0 Å². The highest BCUT2D eigenvalue weighted by atomic mass is 16.6. The van der Waals surface area contributed by atoms with E-state index in [0.717, 1.165) is 28.4 Å². The number of hydrogen-bond acceptors (Lipinski definition) is 4. The van der Waals surface area contributed by atoms with E-state index in [0.29, 0.717) is 32.7 Å². The van der Waals surface area contributed by atoms with Gasteiger partial charge in [-0.25, -0.2) is 4.79 Å². The first-order valence-corrected chi connectivity index (χ1v) is 8.69. The Kier molecular flexibility index (Phi) is 5.84. The number of hydrogen-bond donors (Lipinski definition) is 2. The number of ether oxygens (including phenoxy) is 3. The summed E-state index contributed by atoms with van der Waals surface area (Å²) in [6.45, 7) is 4.12. The minimum Gasteiger partial charge on any atom is -0.496 e. The molecule has 2 aromatic carbocycles. The van der Waals surface area contributed by atoms with E-state index in [1.165, 1.54) is 5.56 Å². The largest absolute Gasteiger partial charge is 0.496 e. The number of fused-ring (bicyclic) bond motifs is 1. The Balaban J connectivity index is 1.45. The van der Waals surface area contributed by atoms with Crippen molar-refractivity contribution in [3.05, 3.63) is 53.1 Å². The number of urea groups is 1. The molecule has 138 valence electrons. The Morgan fingerprint density at radius 1 is 1.08 bits per heavy atom. The van der Waals surface area contributed by atoms with Crippen molar-refractivity contribution in [2.24, 2.45) is 0 Å². The van der Waals surface area contributed by atoms with E-state index >= 15 is 0 Å². The molecule has 26 heavy (non-hydrogen) atoms. The summed E-state index contributed by atoms with van der Waals surface area (Å²) in [5, 5.41) is 5.73. The van der Waals surface area contributed by atoms with Crippen LogP contribution in [0.3, 0.4) is 0 Å². The molecule has 6 nitrogen and oxygen atoms in total. The second-order valence-corrected chi connectivity index (χ2v) is 6.15. The van der Waals surface area contributed by atoms with Crippen molar-refractivity contribution in [2.75, 3.05) is 26.9 Å². The van der Waals surface area contributed by atoms with Crippen LogP contribution in [-0.2, 0) is 13.0 Å². The van der Waals surface area contributed by atoms with Crippen LogP contribution in [0.2, 0.25) is 0 Å². The molecule has 2 aromatic rings. The third kappa shape index (κ3) is 4.59. The van der Waals surface area contributed by atoms with Crippen molar-refractivity contribution in [3.8, 4) is 17.2 Å². The van der Waals surface area contributed by atoms with Crippen LogP contribution in [0, 0.1) is 6.92 Å². The average molecular weight is 356 g/mol. The molecule has 0 spiro atoms. The molecule has 0 aromatic heterocycles. The molecule has 0 saturated heterocycles. The average Bonchev–Trinajstić information content (AvgIpc) is 2.66. The van der Waals surface area contributed by atoms with Crippen LogP contribution in [0.25, 0.3) is 0 Å². The number of aryl methyl sites for hydroxylation is 1. The molecule has 0 fully saturated rings. The van der Waals surface area contributed by atoms with Crippen LogP contribution in [0.4, 0.5) is 4.79 Å². The van der Waals surface area contributed by atoms with Gasteiger partial charge >= 0.3 is 6.03 Å². The molecule has 0 saturated carbocycles. The zero-order chi connectivity index (χ0) is 18.4. The number of carbonyl (C=O) groups is 1. The Labute approximate surface area is 153 Å². The summed E-state index contributed by atoms with van der Waals surface area (Å²) in [5.41, 5.74) is 3.22. The normalized spacial score (nSPS) is 12.4. The Hall–Kier alpha value is -2.89. The first-order valence-electron chi connectivity index (χ1n) is 8.69. The second-order valence-electron chi connectivity index (χ2n) is 6.15. The van der Waals surface area contributed by atoms with Gasteiger partial charge in [0.05, 0.1) is 7.11 Å². The van der Waals surface area contributed by atoms with E-state index in [2.05, 4.69) is 16.7 Å². The topological polar surface area (TPSA) is 68.8 Å². The fourth-order valence-electron chi connectivity index (χ4n) is 2.86. The third-order valence-electron chi connectivity index (χ3n) is 4.18. The molecule has 0 radical (unpaired) electrons. The van der Waals surface area contributed by atoms with Gasteiger partial charge in [-0.15, -0.1) is 0 Å². The first kappa shape index (κ1) is 17.9. The predicted molar refractivity (Wildman–Crippen MR) is 99.1 cm³/mol. The molecule has 2 N–H and O–H groups in total. The van der Waals surface area contributed by atoms with E-state index in [-0.39, 0.29) is 6.03 Å². The van der Waals surface area contributed by atoms with Crippen molar-refractivity contribution in [3.63, 3.8) is 0 Å². The summed E-state index contributed by atoms with van der Waals surface area (Å²) in [6, 6.07) is 11.5. The quantitative estimate of drug-likeness (QED) is 0.835. The third-order valence-corrected chi connectivity index (χ3v) is 4.18. The lowest BCUT2D eigenvalue weighted by molar-refractivity contribution is 0.171. The van der Waals surface area contributed by atoms with Gasteiger partial charge in [0.15, 0.2) is 11.5 Å². The fourth-order valence-corrected chi connectivity index (χ4v) is 2.86. The maximum Gasteiger partial charge on any atom is 0.315 e. The lowest BCUT2D eigenvalue weighted by Gasteiger charge is -2.19. The van der Waals surface area contributed by atoms with Crippen LogP contribution in [0.1, 0.15) is 16.7 Å². The monoisotopic (exact) mass is 356 g/mol. The van der Waals surface area contributed by atoms with Gasteiger partial charge in [-0.2, -0.15) is 0 Å². The molecule has 2 amide bonds. The Bertz CT molecular complexity index is 776. The highest BCUT2D eigenvalue weighted by Crippen LogP contribution is 2.30. The zero-order valence-corrected chi connectivity index (χ0v) is 15.1. The lowest BCUT2D eigenvalue weighted by atomic mass is 10.1. The van der Waals surface area contributed by atoms with Gasteiger partial charge in [-0.05, 0) is 42.7 Å². The summed E-state index contributed by atoms with van der Waals surface area (Å²) in [4.78, 5) is 12.0. The van der Waals surface area contributed by atoms with Gasteiger partial charge in [0.2, 0.25) is 0 Å². The van der Waals surface area contributed by atoms with Gasteiger partial charge in [-0.1, -0.05) is 23.8 Å². The van der Waals surface area contributed by atoms with Crippen LogP contribution in [0.15, 0.2) is 36.4 Å². The minimum atomic E-state index is -0.202. The van der Waals surface area contributed by atoms with Crippen LogP contribution >= 0.6 is 0 Å². The summed E-state index contributed by atoms with van der Waals surface area (Å²) in [6.07, 6.45) is 0.711. The number of methoxy groups -OCH3 is 1. The highest BCUT2D eigenvalue weighted by Gasteiger charge is 2.12. The molecule has 1 aliphatic heterocycles. The zero-order valence-electron chi connectivity index (χ0n) is 15.1. The molecule has 3 rings (SSSR count). The van der Waals surface area contributed by atoms with E-state index < -0.39 is 0 Å². The van der Waals surface area contributed by atoms with Crippen LogP contribution < -0.4 is 24.8 Å². The van der Waals surface area contributed by atoms with E-state index in [9.17, 15) is 4.79 Å². The summed E-state index contributed by atoms with van der Waals surface area (Å²) in [7, 11) is 1.65. The first-order chi connectivity index (χ1) is 12.7. The van der Waals surface area contributed by atoms with Gasteiger partial charge < -0.3 is 24.8 Å². The standard InChI is InChI=1S/C20H24N2O4/c1-14-3-5-17(24-2)16(11-14)7-8-21-20(23)22-13-15-4-6-18-19(12-15)26-10-9-25-18/h3-6,11-12H,7-10,13H2,1-2H3,(H2,21,22,23). The smallest absolute Gasteiger partial charge is 0.315 e. The van der Waals surface area contributed by atoms with Gasteiger partial charge in [0.25, 0.3) is 0 Å². The molecule has 1 heterocycles. The number of rotatable bonds is 6. The lowest BCUT2D eigenvalue weighted by Crippen LogP contribution is -2.36. The molecule has 1 aliphatic rings. The number of nitrogens with one attached hydrogen (secondary N) is 2. The van der Waals surface area contributed by atoms with Gasteiger partial charge in [0, 0.05) is 13.1 Å². The van der Waals surface area contributed by atoms with Crippen LogP contribution in [0.5, 0.6) is 17.2 Å². The van der Waals surface area contributed by atoms with Crippen molar-refractivity contribution in [1.29, 1.82) is 0 Å². The predicted octanol–water partition coefficient (Wildman–Crippen LogP) is 2.82. The maximum absolute atomic E-state index is 12.0. The molecule has 6 heteroatoms. The number of benzene rings is 2. The molecule has 0 aliphatic carbocycles. The summed E-state index contributed by atoms with van der Waals surface area (Å²) in [5.74, 6) is 2.31. The summed E-state index contributed by atoms with van der Waals surface area (Å²) >= 11 is 0. The number of amides is 2.